The van der Waals surface area contributed by atoms with Crippen LogP contribution >= 0.6 is 0 Å². The molecule has 1 aliphatic rings. The normalized spacial score (nSPS) is 16.8. The van der Waals surface area contributed by atoms with E-state index in [1.807, 2.05) is 24.3 Å². The van der Waals surface area contributed by atoms with Gasteiger partial charge in [0.2, 0.25) is 5.91 Å². The lowest BCUT2D eigenvalue weighted by Crippen LogP contribution is -2.64. The maximum absolute atomic E-state index is 13.7. The topological polar surface area (TPSA) is 112 Å². The Morgan fingerprint density at radius 1 is 1.08 bits per heavy atom. The van der Waals surface area contributed by atoms with E-state index in [0.717, 1.165) is 5.56 Å². The molecule has 3 aromatic rings. The Bertz CT molecular complexity index is 1290. The summed E-state index contributed by atoms with van der Waals surface area (Å²) in [5.41, 5.74) is 0.122. The van der Waals surface area contributed by atoms with E-state index >= 15 is 0 Å². The quantitative estimate of drug-likeness (QED) is 0.481. The number of para-hydroxylation sites is 1. The standard InChI is InChI=1S/C26H28N4O6/c1-5-36-24(32)20-14-21-23(31)30(18-10-12-19(34-3)13-11-18)26(2,16-29(21)28-20)25(33)27-15-17-8-6-7-9-22(17)35-4/h6-14H,5,15-16H2,1-4H3,(H,27,33). The number of carbonyl (C=O) groups excluding carboxylic acids is 3. The van der Waals surface area contributed by atoms with Crippen LogP contribution in [0.2, 0.25) is 0 Å². The molecular weight excluding hydrogens is 464 g/mol. The molecule has 0 bridgehead atoms. The first kappa shape index (κ1) is 24.8. The van der Waals surface area contributed by atoms with Gasteiger partial charge in [0.25, 0.3) is 5.91 Å². The second-order valence-corrected chi connectivity index (χ2v) is 8.40. The van der Waals surface area contributed by atoms with E-state index in [1.165, 1.54) is 15.6 Å². The number of esters is 1. The fraction of sp³-hybridized carbons (Fsp3) is 0.308. The number of anilines is 1. The molecular formula is C26H28N4O6. The van der Waals surface area contributed by atoms with E-state index in [0.29, 0.717) is 17.2 Å². The Labute approximate surface area is 208 Å². The molecule has 188 valence electrons. The van der Waals surface area contributed by atoms with Crippen LogP contribution in [-0.2, 0) is 22.6 Å². The minimum atomic E-state index is -1.36. The number of hydrogen-bond donors (Lipinski definition) is 1. The van der Waals surface area contributed by atoms with Gasteiger partial charge < -0.3 is 19.5 Å². The highest BCUT2D eigenvalue weighted by atomic mass is 16.5. The maximum atomic E-state index is 13.7. The average molecular weight is 493 g/mol. The molecule has 1 unspecified atom stereocenters. The van der Waals surface area contributed by atoms with Crippen LogP contribution in [0.4, 0.5) is 5.69 Å². The van der Waals surface area contributed by atoms with Crippen molar-refractivity contribution in [2.45, 2.75) is 32.5 Å². The van der Waals surface area contributed by atoms with Crippen LogP contribution < -0.4 is 19.7 Å². The number of benzene rings is 2. The molecule has 1 atom stereocenters. The molecule has 10 heteroatoms. The number of hydrogen-bond acceptors (Lipinski definition) is 7. The SMILES string of the molecule is CCOC(=O)c1cc2n(n1)CC(C)(C(=O)NCc1ccccc1OC)N(c1ccc(OC)cc1)C2=O. The van der Waals surface area contributed by atoms with E-state index in [9.17, 15) is 14.4 Å². The summed E-state index contributed by atoms with van der Waals surface area (Å²) >= 11 is 0. The van der Waals surface area contributed by atoms with Gasteiger partial charge >= 0.3 is 5.97 Å². The van der Waals surface area contributed by atoms with Crippen molar-refractivity contribution in [2.24, 2.45) is 0 Å². The summed E-state index contributed by atoms with van der Waals surface area (Å²) in [5.74, 6) is -0.241. The number of nitrogens with one attached hydrogen (secondary N) is 1. The maximum Gasteiger partial charge on any atom is 0.358 e. The van der Waals surface area contributed by atoms with Crippen molar-refractivity contribution in [3.8, 4) is 11.5 Å². The molecule has 1 aromatic heterocycles. The molecule has 4 rings (SSSR count). The van der Waals surface area contributed by atoms with Gasteiger partial charge in [-0.2, -0.15) is 5.10 Å². The zero-order chi connectivity index (χ0) is 25.9. The molecule has 10 nitrogen and oxygen atoms in total. The summed E-state index contributed by atoms with van der Waals surface area (Å²) in [7, 11) is 3.11. The highest BCUT2D eigenvalue weighted by molar-refractivity contribution is 6.12. The van der Waals surface area contributed by atoms with Gasteiger partial charge in [0, 0.05) is 23.9 Å². The van der Waals surface area contributed by atoms with E-state index in [-0.39, 0.29) is 31.1 Å². The summed E-state index contributed by atoms with van der Waals surface area (Å²) in [6.07, 6.45) is 0. The number of nitrogens with zero attached hydrogens (tertiary/aromatic N) is 3. The van der Waals surface area contributed by atoms with Crippen molar-refractivity contribution < 1.29 is 28.6 Å². The van der Waals surface area contributed by atoms with Gasteiger partial charge in [0.05, 0.1) is 27.4 Å². The van der Waals surface area contributed by atoms with Crippen LogP contribution in [0.15, 0.2) is 54.6 Å². The molecule has 1 aliphatic heterocycles. The second kappa shape index (κ2) is 10.1. The van der Waals surface area contributed by atoms with Crippen molar-refractivity contribution >= 4 is 23.5 Å². The van der Waals surface area contributed by atoms with Gasteiger partial charge in [0.15, 0.2) is 5.69 Å². The third-order valence-corrected chi connectivity index (χ3v) is 6.09. The first-order chi connectivity index (χ1) is 17.3. The third kappa shape index (κ3) is 4.49. The van der Waals surface area contributed by atoms with Gasteiger partial charge in [-0.25, -0.2) is 4.79 Å². The third-order valence-electron chi connectivity index (χ3n) is 6.09. The van der Waals surface area contributed by atoms with Crippen molar-refractivity contribution in [2.75, 3.05) is 25.7 Å². The summed E-state index contributed by atoms with van der Waals surface area (Å²) in [4.78, 5) is 41.1. The average Bonchev–Trinajstić information content (AvgIpc) is 3.32. The first-order valence-corrected chi connectivity index (χ1v) is 11.5. The lowest BCUT2D eigenvalue weighted by atomic mass is 9.93. The Morgan fingerprint density at radius 2 is 1.81 bits per heavy atom. The van der Waals surface area contributed by atoms with Gasteiger partial charge in [-0.15, -0.1) is 0 Å². The minimum absolute atomic E-state index is 0.00793. The van der Waals surface area contributed by atoms with Crippen molar-refractivity contribution in [1.29, 1.82) is 0 Å². The Hall–Kier alpha value is -4.34. The lowest BCUT2D eigenvalue weighted by Gasteiger charge is -2.43. The summed E-state index contributed by atoms with van der Waals surface area (Å²) in [6, 6.07) is 15.6. The van der Waals surface area contributed by atoms with Crippen LogP contribution in [0.25, 0.3) is 0 Å². The van der Waals surface area contributed by atoms with E-state index in [2.05, 4.69) is 10.4 Å². The van der Waals surface area contributed by atoms with Gasteiger partial charge in [-0.3, -0.25) is 19.2 Å². The molecule has 1 N–H and O–H groups in total. The summed E-state index contributed by atoms with van der Waals surface area (Å²) in [5, 5.41) is 7.21. The van der Waals surface area contributed by atoms with Crippen LogP contribution in [0.3, 0.4) is 0 Å². The van der Waals surface area contributed by atoms with Crippen LogP contribution in [0.1, 0.15) is 40.4 Å². The second-order valence-electron chi connectivity index (χ2n) is 8.40. The molecule has 2 amide bonds. The molecule has 36 heavy (non-hydrogen) atoms. The molecule has 0 fully saturated rings. The fourth-order valence-corrected chi connectivity index (χ4v) is 4.24. The monoisotopic (exact) mass is 492 g/mol. The van der Waals surface area contributed by atoms with E-state index < -0.39 is 23.3 Å². The zero-order valence-corrected chi connectivity index (χ0v) is 20.6. The first-order valence-electron chi connectivity index (χ1n) is 11.5. The van der Waals surface area contributed by atoms with Gasteiger partial charge in [-0.05, 0) is 44.2 Å². The Balaban J connectivity index is 1.72. The lowest BCUT2D eigenvalue weighted by molar-refractivity contribution is -0.126. The summed E-state index contributed by atoms with van der Waals surface area (Å²) < 4.78 is 17.1. The fourth-order valence-electron chi connectivity index (χ4n) is 4.24. The smallest absolute Gasteiger partial charge is 0.358 e. The molecule has 0 spiro atoms. The molecule has 0 saturated carbocycles. The van der Waals surface area contributed by atoms with E-state index in [4.69, 9.17) is 14.2 Å². The largest absolute Gasteiger partial charge is 0.497 e. The van der Waals surface area contributed by atoms with Crippen molar-refractivity contribution in [1.82, 2.24) is 15.1 Å². The van der Waals surface area contributed by atoms with Crippen molar-refractivity contribution in [3.05, 3.63) is 71.5 Å². The number of carbonyl (C=O) groups is 3. The molecule has 2 heterocycles. The number of fused-ring (bicyclic) bond motifs is 1. The Morgan fingerprint density at radius 3 is 2.47 bits per heavy atom. The molecule has 0 radical (unpaired) electrons. The van der Waals surface area contributed by atoms with Crippen LogP contribution in [0.5, 0.6) is 11.5 Å². The molecule has 0 aliphatic carbocycles. The predicted molar refractivity (Wildman–Crippen MR) is 131 cm³/mol. The molecule has 2 aromatic carbocycles. The van der Waals surface area contributed by atoms with Crippen molar-refractivity contribution in [3.63, 3.8) is 0 Å². The Kier molecular flexibility index (Phi) is 6.96. The number of methoxy groups -OCH3 is 2. The van der Waals surface area contributed by atoms with Gasteiger partial charge in [0.1, 0.15) is 22.7 Å². The van der Waals surface area contributed by atoms with Crippen LogP contribution in [-0.4, -0.2) is 53.9 Å². The predicted octanol–water partition coefficient (Wildman–Crippen LogP) is 2.81. The van der Waals surface area contributed by atoms with E-state index in [1.54, 1.807) is 52.3 Å². The van der Waals surface area contributed by atoms with Crippen LogP contribution in [0, 0.1) is 0 Å². The number of ether oxygens (including phenoxy) is 3. The number of rotatable bonds is 8. The zero-order valence-electron chi connectivity index (χ0n) is 20.6. The summed E-state index contributed by atoms with van der Waals surface area (Å²) in [6.45, 7) is 3.76. The highest BCUT2D eigenvalue weighted by Gasteiger charge is 2.49. The molecule has 0 saturated heterocycles. The highest BCUT2D eigenvalue weighted by Crippen LogP contribution is 2.34. The van der Waals surface area contributed by atoms with Gasteiger partial charge in [-0.1, -0.05) is 18.2 Å². The minimum Gasteiger partial charge on any atom is -0.497 e. The number of amides is 2. The number of aromatic nitrogens is 2.